The second-order valence-corrected chi connectivity index (χ2v) is 3.43. The van der Waals surface area contributed by atoms with Crippen molar-refractivity contribution in [1.82, 2.24) is 4.98 Å². The largest absolute Gasteiger partial charge is 0.388 e. The highest BCUT2D eigenvalue weighted by Crippen LogP contribution is 2.19. The molecule has 1 heterocycles. The molecule has 0 bridgehead atoms. The van der Waals surface area contributed by atoms with E-state index < -0.39 is 11.6 Å². The monoisotopic (exact) mass is 224 g/mol. The van der Waals surface area contributed by atoms with E-state index in [1.54, 1.807) is 0 Å². The van der Waals surface area contributed by atoms with Crippen molar-refractivity contribution >= 4 is 28.1 Å². The molecule has 2 nitrogen and oxygen atoms in total. The first-order valence-electron chi connectivity index (χ1n) is 4.14. The molecular formula is C10H6F2N2S. The molecule has 0 amide bonds. The van der Waals surface area contributed by atoms with E-state index in [9.17, 15) is 8.78 Å². The van der Waals surface area contributed by atoms with Gasteiger partial charge in [0.2, 0.25) is 0 Å². The lowest BCUT2D eigenvalue weighted by molar-refractivity contribution is 0.615. The molecule has 0 saturated heterocycles. The van der Waals surface area contributed by atoms with Crippen molar-refractivity contribution in [3.63, 3.8) is 0 Å². The van der Waals surface area contributed by atoms with Crippen LogP contribution < -0.4 is 5.73 Å². The first-order chi connectivity index (χ1) is 7.09. The summed E-state index contributed by atoms with van der Waals surface area (Å²) in [6.45, 7) is 0. The number of fused-ring (bicyclic) bond motifs is 1. The number of thiocarbonyl (C=S) groups is 1. The molecular weight excluding hydrogens is 218 g/mol. The Morgan fingerprint density at radius 3 is 2.47 bits per heavy atom. The van der Waals surface area contributed by atoms with Crippen LogP contribution in [0.3, 0.4) is 0 Å². The number of nitrogens with two attached hydrogens (primary N) is 1. The number of halogens is 2. The molecule has 0 atom stereocenters. The number of benzene rings is 1. The molecule has 0 spiro atoms. The second kappa shape index (κ2) is 3.51. The molecule has 0 aliphatic heterocycles. The van der Waals surface area contributed by atoms with E-state index in [1.807, 2.05) is 0 Å². The van der Waals surface area contributed by atoms with Crippen molar-refractivity contribution in [1.29, 1.82) is 0 Å². The molecule has 5 heteroatoms. The van der Waals surface area contributed by atoms with Crippen LogP contribution in [0.4, 0.5) is 8.78 Å². The second-order valence-electron chi connectivity index (χ2n) is 2.99. The van der Waals surface area contributed by atoms with Gasteiger partial charge < -0.3 is 5.73 Å². The zero-order chi connectivity index (χ0) is 11.0. The molecule has 1 aromatic carbocycles. The SMILES string of the molecule is NC(=S)c1ccc2c(F)ccc(F)c2n1. The van der Waals surface area contributed by atoms with Crippen LogP contribution in [0.15, 0.2) is 24.3 Å². The summed E-state index contributed by atoms with van der Waals surface area (Å²) in [5.74, 6) is -1.11. The van der Waals surface area contributed by atoms with Crippen LogP contribution in [0.5, 0.6) is 0 Å². The molecule has 2 rings (SSSR count). The molecule has 2 aromatic rings. The lowest BCUT2D eigenvalue weighted by atomic mass is 10.2. The Hall–Kier alpha value is -1.62. The first-order valence-corrected chi connectivity index (χ1v) is 4.55. The normalized spacial score (nSPS) is 10.5. The zero-order valence-corrected chi connectivity index (χ0v) is 8.31. The summed E-state index contributed by atoms with van der Waals surface area (Å²) in [4.78, 5) is 3.91. The van der Waals surface area contributed by atoms with Gasteiger partial charge in [-0.3, -0.25) is 0 Å². The van der Waals surface area contributed by atoms with E-state index in [-0.39, 0.29) is 21.6 Å². The lowest BCUT2D eigenvalue weighted by Gasteiger charge is -2.02. The van der Waals surface area contributed by atoms with Gasteiger partial charge in [-0.05, 0) is 24.3 Å². The highest BCUT2D eigenvalue weighted by atomic mass is 32.1. The third-order valence-corrected chi connectivity index (χ3v) is 2.22. The van der Waals surface area contributed by atoms with Gasteiger partial charge in [0.15, 0.2) is 0 Å². The summed E-state index contributed by atoms with van der Waals surface area (Å²) in [6.07, 6.45) is 0. The molecule has 0 unspecified atom stereocenters. The molecule has 15 heavy (non-hydrogen) atoms. The molecule has 0 radical (unpaired) electrons. The molecule has 0 aliphatic rings. The van der Waals surface area contributed by atoms with Gasteiger partial charge in [-0.25, -0.2) is 13.8 Å². The van der Waals surface area contributed by atoms with Crippen LogP contribution in [-0.2, 0) is 0 Å². The van der Waals surface area contributed by atoms with Crippen molar-refractivity contribution < 1.29 is 8.78 Å². The Kier molecular flexibility index (Phi) is 2.32. The Bertz CT molecular complexity index is 554. The average molecular weight is 224 g/mol. The fourth-order valence-electron chi connectivity index (χ4n) is 1.29. The minimum atomic E-state index is -0.593. The first kappa shape index (κ1) is 9.92. The van der Waals surface area contributed by atoms with Crippen molar-refractivity contribution in [3.05, 3.63) is 41.6 Å². The van der Waals surface area contributed by atoms with Crippen LogP contribution in [0.25, 0.3) is 10.9 Å². The van der Waals surface area contributed by atoms with Gasteiger partial charge in [0.05, 0.1) is 5.69 Å². The third-order valence-electron chi connectivity index (χ3n) is 2.01. The fourth-order valence-corrected chi connectivity index (χ4v) is 1.40. The minimum absolute atomic E-state index is 0.0553. The number of rotatable bonds is 1. The van der Waals surface area contributed by atoms with Crippen LogP contribution in [-0.4, -0.2) is 9.97 Å². The summed E-state index contributed by atoms with van der Waals surface area (Å²) in [7, 11) is 0. The molecule has 1 aromatic heterocycles. The smallest absolute Gasteiger partial charge is 0.149 e. The van der Waals surface area contributed by atoms with E-state index in [1.165, 1.54) is 12.1 Å². The van der Waals surface area contributed by atoms with Gasteiger partial charge in [0.25, 0.3) is 0 Å². The number of aromatic nitrogens is 1. The molecule has 0 saturated carbocycles. The number of nitrogens with zero attached hydrogens (tertiary/aromatic N) is 1. The highest BCUT2D eigenvalue weighted by molar-refractivity contribution is 7.80. The maximum atomic E-state index is 13.3. The van der Waals surface area contributed by atoms with Crippen molar-refractivity contribution in [3.8, 4) is 0 Å². The number of hydrogen-bond donors (Lipinski definition) is 1. The van der Waals surface area contributed by atoms with Gasteiger partial charge in [-0.1, -0.05) is 12.2 Å². The van der Waals surface area contributed by atoms with Crippen LogP contribution in [0.1, 0.15) is 5.69 Å². The van der Waals surface area contributed by atoms with Crippen molar-refractivity contribution in [2.75, 3.05) is 0 Å². The fraction of sp³-hybridized carbons (Fsp3) is 0. The lowest BCUT2D eigenvalue weighted by Crippen LogP contribution is -2.11. The Labute approximate surface area is 89.7 Å². The van der Waals surface area contributed by atoms with Crippen LogP contribution >= 0.6 is 12.2 Å². The Balaban J connectivity index is 2.81. The van der Waals surface area contributed by atoms with Crippen molar-refractivity contribution in [2.24, 2.45) is 5.73 Å². The van der Waals surface area contributed by atoms with Crippen LogP contribution in [0, 0.1) is 11.6 Å². The molecule has 2 N–H and O–H groups in total. The van der Waals surface area contributed by atoms with E-state index in [4.69, 9.17) is 18.0 Å². The maximum Gasteiger partial charge on any atom is 0.149 e. The van der Waals surface area contributed by atoms with Gasteiger partial charge >= 0.3 is 0 Å². The zero-order valence-electron chi connectivity index (χ0n) is 7.50. The van der Waals surface area contributed by atoms with Gasteiger partial charge in [-0.2, -0.15) is 0 Å². The predicted molar refractivity (Wildman–Crippen MR) is 57.5 cm³/mol. The van der Waals surface area contributed by atoms with Crippen LogP contribution in [0.2, 0.25) is 0 Å². The summed E-state index contributed by atoms with van der Waals surface area (Å²) in [5.41, 5.74) is 5.57. The summed E-state index contributed by atoms with van der Waals surface area (Å²) in [5, 5.41) is 0.120. The van der Waals surface area contributed by atoms with Crippen molar-refractivity contribution in [2.45, 2.75) is 0 Å². The van der Waals surface area contributed by atoms with E-state index >= 15 is 0 Å². The maximum absolute atomic E-state index is 13.3. The summed E-state index contributed by atoms with van der Waals surface area (Å²) < 4.78 is 26.5. The predicted octanol–water partition coefficient (Wildman–Crippen LogP) is 2.15. The quantitative estimate of drug-likeness (QED) is 0.754. The highest BCUT2D eigenvalue weighted by Gasteiger charge is 2.08. The third kappa shape index (κ3) is 1.66. The topological polar surface area (TPSA) is 38.9 Å². The van der Waals surface area contributed by atoms with E-state index in [2.05, 4.69) is 4.98 Å². The van der Waals surface area contributed by atoms with Gasteiger partial charge in [-0.15, -0.1) is 0 Å². The van der Waals surface area contributed by atoms with E-state index in [0.29, 0.717) is 0 Å². The molecule has 0 aliphatic carbocycles. The Morgan fingerprint density at radius 1 is 1.13 bits per heavy atom. The Morgan fingerprint density at radius 2 is 1.80 bits per heavy atom. The number of pyridine rings is 1. The minimum Gasteiger partial charge on any atom is -0.388 e. The summed E-state index contributed by atoms with van der Waals surface area (Å²) in [6, 6.07) is 4.95. The average Bonchev–Trinajstić information content (AvgIpc) is 2.23. The van der Waals surface area contributed by atoms with E-state index in [0.717, 1.165) is 12.1 Å². The number of hydrogen-bond acceptors (Lipinski definition) is 2. The van der Waals surface area contributed by atoms with Gasteiger partial charge in [0.1, 0.15) is 22.1 Å². The summed E-state index contributed by atoms with van der Waals surface area (Å²) >= 11 is 4.70. The molecule has 0 fully saturated rings. The standard InChI is InChI=1S/C10H6F2N2S/c11-6-2-3-7(12)9-5(6)1-4-8(14-9)10(13)15/h1-4H,(H2,13,15). The molecule has 76 valence electrons. The van der Waals surface area contributed by atoms with Gasteiger partial charge in [0, 0.05) is 5.39 Å².